The van der Waals surface area contributed by atoms with Gasteiger partial charge in [-0.05, 0) is 26.8 Å². The van der Waals surface area contributed by atoms with Crippen LogP contribution in [0, 0.1) is 6.92 Å². The Labute approximate surface area is 125 Å². The highest BCUT2D eigenvalue weighted by molar-refractivity contribution is 7.13. The highest BCUT2D eigenvalue weighted by Gasteiger charge is 2.19. The fourth-order valence-corrected chi connectivity index (χ4v) is 2.65. The van der Waals surface area contributed by atoms with Crippen LogP contribution >= 0.6 is 11.3 Å². The first-order valence-electron chi connectivity index (χ1n) is 6.46. The minimum Gasteiger partial charge on any atom is -0.477 e. The lowest BCUT2D eigenvalue weighted by Gasteiger charge is -2.11. The fraction of sp³-hybridized carbons (Fsp3) is 0.385. The van der Waals surface area contributed by atoms with Crippen molar-refractivity contribution in [3.8, 4) is 0 Å². The van der Waals surface area contributed by atoms with Gasteiger partial charge in [-0.1, -0.05) is 0 Å². The van der Waals surface area contributed by atoms with E-state index in [0.717, 1.165) is 17.0 Å². The van der Waals surface area contributed by atoms with Gasteiger partial charge in [-0.15, -0.1) is 11.3 Å². The first kappa shape index (κ1) is 15.2. The van der Waals surface area contributed by atoms with Gasteiger partial charge in [-0.2, -0.15) is 5.10 Å². The van der Waals surface area contributed by atoms with E-state index in [2.05, 4.69) is 15.4 Å². The number of amides is 1. The maximum atomic E-state index is 12.3. The molecule has 0 radical (unpaired) electrons. The van der Waals surface area contributed by atoms with Crippen molar-refractivity contribution in [3.05, 3.63) is 33.5 Å². The van der Waals surface area contributed by atoms with Crippen molar-refractivity contribution in [2.45, 2.75) is 33.4 Å². The molecule has 8 heteroatoms. The average molecular weight is 308 g/mol. The monoisotopic (exact) mass is 308 g/mol. The summed E-state index contributed by atoms with van der Waals surface area (Å²) in [5.41, 5.74) is 1.26. The van der Waals surface area contributed by atoms with Crippen molar-refractivity contribution in [3.63, 3.8) is 0 Å². The second kappa shape index (κ2) is 6.04. The number of aromatic carboxylic acids is 1. The Kier molecular flexibility index (Phi) is 4.37. The lowest BCUT2D eigenvalue weighted by molar-refractivity contribution is 0.0701. The molecular weight excluding hydrogens is 292 g/mol. The van der Waals surface area contributed by atoms with E-state index in [1.165, 1.54) is 6.20 Å². The molecule has 0 aromatic carbocycles. The van der Waals surface area contributed by atoms with Gasteiger partial charge in [0.25, 0.3) is 5.91 Å². The molecule has 0 bridgehead atoms. The maximum Gasteiger partial charge on any atom is 0.347 e. The van der Waals surface area contributed by atoms with E-state index in [0.29, 0.717) is 17.2 Å². The number of hydrogen-bond donors (Lipinski definition) is 2. The van der Waals surface area contributed by atoms with Crippen LogP contribution in [0.4, 0.5) is 0 Å². The SMILES string of the molecule is CCn1nc(C)cc1C(=O)NC(C)c1ncc(C(=O)O)s1. The summed E-state index contributed by atoms with van der Waals surface area (Å²) in [4.78, 5) is 27.3. The lowest BCUT2D eigenvalue weighted by atomic mass is 10.3. The Bertz CT molecular complexity index is 677. The Balaban J connectivity index is 2.12. The molecule has 2 aromatic rings. The standard InChI is InChI=1S/C13H16N4O3S/c1-4-17-9(5-7(2)16-17)11(18)15-8(3)12-14-6-10(21-12)13(19)20/h5-6,8H,4H2,1-3H3,(H,15,18)(H,19,20). The molecule has 0 aliphatic rings. The Morgan fingerprint density at radius 3 is 2.81 bits per heavy atom. The minimum atomic E-state index is -1.02. The smallest absolute Gasteiger partial charge is 0.347 e. The van der Waals surface area contributed by atoms with Gasteiger partial charge in [-0.3, -0.25) is 9.48 Å². The quantitative estimate of drug-likeness (QED) is 0.878. The van der Waals surface area contributed by atoms with Crippen molar-refractivity contribution in [2.75, 3.05) is 0 Å². The molecule has 1 amide bonds. The zero-order valence-electron chi connectivity index (χ0n) is 12.0. The maximum absolute atomic E-state index is 12.3. The summed E-state index contributed by atoms with van der Waals surface area (Å²) in [5, 5.41) is 16.5. The Morgan fingerprint density at radius 2 is 2.24 bits per heavy atom. The molecule has 0 aliphatic heterocycles. The van der Waals surface area contributed by atoms with E-state index < -0.39 is 5.97 Å². The predicted octanol–water partition coefficient (Wildman–Crippen LogP) is 1.86. The van der Waals surface area contributed by atoms with Crippen LogP contribution in [-0.2, 0) is 6.54 Å². The summed E-state index contributed by atoms with van der Waals surface area (Å²) in [7, 11) is 0. The molecule has 2 rings (SSSR count). The largest absolute Gasteiger partial charge is 0.477 e. The highest BCUT2D eigenvalue weighted by Crippen LogP contribution is 2.20. The molecule has 0 aliphatic carbocycles. The fourth-order valence-electron chi connectivity index (χ4n) is 1.89. The Hall–Kier alpha value is -2.22. The zero-order chi connectivity index (χ0) is 15.6. The summed E-state index contributed by atoms with van der Waals surface area (Å²) in [6.07, 6.45) is 1.30. The van der Waals surface area contributed by atoms with Crippen LogP contribution in [0.5, 0.6) is 0 Å². The number of nitrogens with one attached hydrogen (secondary N) is 1. The van der Waals surface area contributed by atoms with Crippen molar-refractivity contribution in [1.29, 1.82) is 0 Å². The molecule has 21 heavy (non-hydrogen) atoms. The van der Waals surface area contributed by atoms with E-state index in [4.69, 9.17) is 5.11 Å². The average Bonchev–Trinajstić information content (AvgIpc) is 3.04. The van der Waals surface area contributed by atoms with E-state index >= 15 is 0 Å². The van der Waals surface area contributed by atoms with Crippen LogP contribution in [0.2, 0.25) is 0 Å². The summed E-state index contributed by atoms with van der Waals surface area (Å²) >= 11 is 1.05. The molecule has 0 saturated carbocycles. The normalized spacial score (nSPS) is 12.1. The number of carbonyl (C=O) groups excluding carboxylic acids is 1. The number of aryl methyl sites for hydroxylation is 2. The molecule has 1 atom stereocenters. The molecule has 0 fully saturated rings. The third kappa shape index (κ3) is 3.27. The van der Waals surface area contributed by atoms with Gasteiger partial charge in [0.15, 0.2) is 0 Å². The predicted molar refractivity (Wildman–Crippen MR) is 77.6 cm³/mol. The number of nitrogens with zero attached hydrogens (tertiary/aromatic N) is 3. The van der Waals surface area contributed by atoms with Gasteiger partial charge >= 0.3 is 5.97 Å². The van der Waals surface area contributed by atoms with Gasteiger partial charge in [-0.25, -0.2) is 9.78 Å². The number of carboxylic acid groups (broad SMARTS) is 1. The summed E-state index contributed by atoms with van der Waals surface area (Å²) in [6.45, 7) is 6.10. The second-order valence-corrected chi connectivity index (χ2v) is 5.61. The third-order valence-corrected chi connectivity index (χ3v) is 4.05. The zero-order valence-corrected chi connectivity index (χ0v) is 12.8. The lowest BCUT2D eigenvalue weighted by Crippen LogP contribution is -2.28. The third-order valence-electron chi connectivity index (χ3n) is 2.89. The number of carbonyl (C=O) groups is 2. The summed E-state index contributed by atoms with van der Waals surface area (Å²) in [6, 6.07) is 1.35. The van der Waals surface area contributed by atoms with Gasteiger partial charge in [0.05, 0.1) is 17.9 Å². The van der Waals surface area contributed by atoms with E-state index in [9.17, 15) is 9.59 Å². The first-order valence-corrected chi connectivity index (χ1v) is 7.28. The molecule has 0 spiro atoms. The molecular formula is C13H16N4O3S. The summed E-state index contributed by atoms with van der Waals surface area (Å²) < 4.78 is 1.63. The van der Waals surface area contributed by atoms with Gasteiger partial charge < -0.3 is 10.4 Å². The number of rotatable bonds is 5. The van der Waals surface area contributed by atoms with Crippen LogP contribution in [0.25, 0.3) is 0 Å². The van der Waals surface area contributed by atoms with Gasteiger partial charge in [0.1, 0.15) is 15.6 Å². The number of thiazole rings is 1. The molecule has 0 saturated heterocycles. The van der Waals surface area contributed by atoms with Crippen LogP contribution in [0.3, 0.4) is 0 Å². The van der Waals surface area contributed by atoms with Crippen molar-refractivity contribution >= 4 is 23.2 Å². The first-order chi connectivity index (χ1) is 9.92. The second-order valence-electron chi connectivity index (χ2n) is 4.55. The Morgan fingerprint density at radius 1 is 1.52 bits per heavy atom. The topological polar surface area (TPSA) is 97.1 Å². The van der Waals surface area contributed by atoms with Crippen LogP contribution in [-0.4, -0.2) is 31.7 Å². The van der Waals surface area contributed by atoms with Crippen molar-refractivity contribution in [2.24, 2.45) is 0 Å². The highest BCUT2D eigenvalue weighted by atomic mass is 32.1. The van der Waals surface area contributed by atoms with E-state index in [1.807, 2.05) is 13.8 Å². The van der Waals surface area contributed by atoms with Crippen LogP contribution in [0.15, 0.2) is 12.3 Å². The van der Waals surface area contributed by atoms with Crippen molar-refractivity contribution in [1.82, 2.24) is 20.1 Å². The molecule has 1 unspecified atom stereocenters. The van der Waals surface area contributed by atoms with E-state index in [-0.39, 0.29) is 16.8 Å². The number of carboxylic acids is 1. The van der Waals surface area contributed by atoms with Crippen LogP contribution < -0.4 is 5.32 Å². The minimum absolute atomic E-state index is 0.153. The molecule has 112 valence electrons. The number of hydrogen-bond acceptors (Lipinski definition) is 5. The molecule has 2 aromatic heterocycles. The van der Waals surface area contributed by atoms with E-state index in [1.54, 1.807) is 17.7 Å². The van der Waals surface area contributed by atoms with Crippen molar-refractivity contribution < 1.29 is 14.7 Å². The summed E-state index contributed by atoms with van der Waals surface area (Å²) in [5.74, 6) is -1.27. The molecule has 2 N–H and O–H groups in total. The molecule has 7 nitrogen and oxygen atoms in total. The number of aromatic nitrogens is 3. The van der Waals surface area contributed by atoms with Gasteiger partial charge in [0, 0.05) is 6.54 Å². The van der Waals surface area contributed by atoms with Gasteiger partial charge in [0.2, 0.25) is 0 Å². The van der Waals surface area contributed by atoms with Crippen LogP contribution in [0.1, 0.15) is 50.8 Å². The molecule has 2 heterocycles.